The molecule has 10 heteroatoms. The number of halogens is 2. The molecule has 5 heterocycles. The van der Waals surface area contributed by atoms with Gasteiger partial charge in [-0.25, -0.2) is 28.7 Å². The van der Waals surface area contributed by atoms with E-state index in [2.05, 4.69) is 40.7 Å². The number of rotatable bonds is 7. The van der Waals surface area contributed by atoms with Gasteiger partial charge in [0.05, 0.1) is 11.7 Å². The predicted octanol–water partition coefficient (Wildman–Crippen LogP) is 6.57. The lowest BCUT2D eigenvalue weighted by atomic mass is 9.98. The zero-order valence-electron chi connectivity index (χ0n) is 25.4. The first-order chi connectivity index (χ1) is 21.5. The van der Waals surface area contributed by atoms with E-state index >= 15 is 8.78 Å². The number of anilines is 2. The van der Waals surface area contributed by atoms with Crippen molar-refractivity contribution in [1.29, 1.82) is 0 Å². The molecule has 3 aromatic heterocycles. The molecule has 0 amide bonds. The van der Waals surface area contributed by atoms with Crippen molar-refractivity contribution in [2.75, 3.05) is 31.5 Å². The number of imidazole rings is 1. The molecular weight excluding hydrogens is 558 g/mol. The van der Waals surface area contributed by atoms with Crippen molar-refractivity contribution in [2.24, 2.45) is 5.92 Å². The van der Waals surface area contributed by atoms with E-state index < -0.39 is 11.6 Å². The molecule has 1 aromatic carbocycles. The zero-order valence-corrected chi connectivity index (χ0v) is 25.4. The molecule has 4 aromatic rings. The van der Waals surface area contributed by atoms with Crippen molar-refractivity contribution in [3.05, 3.63) is 59.2 Å². The van der Waals surface area contributed by atoms with Crippen LogP contribution in [0.25, 0.3) is 22.3 Å². The number of nitrogens with zero attached hydrogens (tertiary/aromatic N) is 7. The highest BCUT2D eigenvalue weighted by molar-refractivity contribution is 5.83. The molecule has 0 spiro atoms. The van der Waals surface area contributed by atoms with Crippen LogP contribution in [0.5, 0.6) is 0 Å². The first kappa shape index (κ1) is 28.0. The summed E-state index contributed by atoms with van der Waals surface area (Å²) >= 11 is 0. The molecule has 4 aliphatic rings. The van der Waals surface area contributed by atoms with Gasteiger partial charge >= 0.3 is 0 Å². The summed E-state index contributed by atoms with van der Waals surface area (Å²) in [6.45, 7) is 7.58. The maximum absolute atomic E-state index is 15.3. The minimum atomic E-state index is -0.602. The molecule has 8 rings (SSSR count). The Balaban J connectivity index is 0.988. The number of piperidine rings is 1. The molecule has 8 nitrogen and oxygen atoms in total. The first-order valence-electron chi connectivity index (χ1n) is 16.4. The fourth-order valence-corrected chi connectivity index (χ4v) is 7.73. The number of pyridine rings is 1. The number of hydrogen-bond donors (Lipinski definition) is 1. The van der Waals surface area contributed by atoms with E-state index in [-0.39, 0.29) is 17.7 Å². The Kier molecular flexibility index (Phi) is 7.29. The molecule has 230 valence electrons. The Morgan fingerprint density at radius 1 is 0.886 bits per heavy atom. The van der Waals surface area contributed by atoms with E-state index in [0.29, 0.717) is 28.5 Å². The summed E-state index contributed by atoms with van der Waals surface area (Å²) < 4.78 is 32.5. The second-order valence-electron chi connectivity index (χ2n) is 13.3. The molecule has 0 radical (unpaired) electrons. The van der Waals surface area contributed by atoms with Crippen LogP contribution in [0.2, 0.25) is 0 Å². The van der Waals surface area contributed by atoms with E-state index in [1.54, 1.807) is 0 Å². The van der Waals surface area contributed by atoms with Crippen LogP contribution < -0.4 is 5.32 Å². The smallest absolute Gasteiger partial charge is 0.229 e. The molecule has 2 aliphatic carbocycles. The fourth-order valence-electron chi connectivity index (χ4n) is 7.73. The second kappa shape index (κ2) is 11.5. The molecule has 2 saturated carbocycles. The van der Waals surface area contributed by atoms with Gasteiger partial charge in [-0.3, -0.25) is 4.90 Å². The standard InChI is InChI=1S/C34H40F2N8/c1-21-38-33-27(35)16-24(17-30(33)44(21)26-4-2-3-5-26)32-28(36)18-37-34(41-32)40-31-9-8-23-20-43(15-12-29(23)39-31)25-10-13-42(14-11-25)19-22-6-7-22/h8-9,16-18,22,25-26H,2-7,10-15,19-20H2,1H3,(H,37,39,40,41). The third-order valence-corrected chi connectivity index (χ3v) is 10.2. The maximum atomic E-state index is 15.3. The largest absolute Gasteiger partial charge is 0.325 e. The van der Waals surface area contributed by atoms with Gasteiger partial charge in [0.15, 0.2) is 11.6 Å². The summed E-state index contributed by atoms with van der Waals surface area (Å²) in [6, 6.07) is 8.15. The minimum Gasteiger partial charge on any atom is -0.325 e. The average molecular weight is 599 g/mol. The molecule has 1 saturated heterocycles. The summed E-state index contributed by atoms with van der Waals surface area (Å²) in [5.41, 5.74) is 3.78. The van der Waals surface area contributed by atoms with Crippen molar-refractivity contribution >= 4 is 22.8 Å². The van der Waals surface area contributed by atoms with E-state index in [9.17, 15) is 0 Å². The lowest BCUT2D eigenvalue weighted by molar-refractivity contribution is 0.0954. The summed E-state index contributed by atoms with van der Waals surface area (Å²) in [7, 11) is 0. The average Bonchev–Trinajstić information content (AvgIpc) is 3.55. The zero-order chi connectivity index (χ0) is 29.8. The molecule has 2 aliphatic heterocycles. The molecule has 3 fully saturated rings. The third kappa shape index (κ3) is 5.47. The lowest BCUT2D eigenvalue weighted by Crippen LogP contribution is -2.47. The molecular formula is C34H40F2N8. The number of hydrogen-bond acceptors (Lipinski definition) is 7. The SMILES string of the molecule is Cc1nc2c(F)cc(-c3nc(Nc4ccc5c(n4)CCN(C4CCN(CC6CC6)CC4)C5)ncc3F)cc2n1C1CCCC1. The normalized spacial score (nSPS) is 20.4. The summed E-state index contributed by atoms with van der Waals surface area (Å²) in [5, 5.41) is 3.17. The summed E-state index contributed by atoms with van der Waals surface area (Å²) in [4.78, 5) is 23.4. The van der Waals surface area contributed by atoms with Crippen molar-refractivity contribution in [3.8, 4) is 11.3 Å². The number of aromatic nitrogens is 5. The minimum absolute atomic E-state index is 0.0527. The van der Waals surface area contributed by atoms with Gasteiger partial charge in [-0.2, -0.15) is 0 Å². The lowest BCUT2D eigenvalue weighted by Gasteiger charge is -2.40. The number of likely N-dealkylation sites (tertiary alicyclic amines) is 1. The Bertz CT molecular complexity index is 1680. The topological polar surface area (TPSA) is 75.0 Å². The quantitative estimate of drug-likeness (QED) is 0.258. The highest BCUT2D eigenvalue weighted by Gasteiger charge is 2.31. The Morgan fingerprint density at radius 3 is 2.50 bits per heavy atom. The van der Waals surface area contributed by atoms with Crippen molar-refractivity contribution in [2.45, 2.75) is 83.3 Å². The van der Waals surface area contributed by atoms with Crippen LogP contribution in [0.15, 0.2) is 30.5 Å². The van der Waals surface area contributed by atoms with Crippen molar-refractivity contribution < 1.29 is 8.78 Å². The van der Waals surface area contributed by atoms with E-state index in [1.165, 1.54) is 56.9 Å². The third-order valence-electron chi connectivity index (χ3n) is 10.2. The highest BCUT2D eigenvalue weighted by atomic mass is 19.1. The van der Waals surface area contributed by atoms with Crippen LogP contribution in [0.1, 0.15) is 74.5 Å². The number of fused-ring (bicyclic) bond motifs is 2. The number of benzene rings is 1. The van der Waals surface area contributed by atoms with Gasteiger partial charge in [-0.1, -0.05) is 18.9 Å². The van der Waals surface area contributed by atoms with Crippen LogP contribution in [0.4, 0.5) is 20.5 Å². The molecule has 0 bridgehead atoms. The summed E-state index contributed by atoms with van der Waals surface area (Å²) in [6.07, 6.45) is 11.8. The van der Waals surface area contributed by atoms with Gasteiger partial charge < -0.3 is 14.8 Å². The van der Waals surface area contributed by atoms with Gasteiger partial charge in [-0.15, -0.1) is 0 Å². The highest BCUT2D eigenvalue weighted by Crippen LogP contribution is 2.36. The van der Waals surface area contributed by atoms with Gasteiger partial charge in [0, 0.05) is 49.4 Å². The van der Waals surface area contributed by atoms with E-state index in [0.717, 1.165) is 68.8 Å². The van der Waals surface area contributed by atoms with Crippen LogP contribution in [0.3, 0.4) is 0 Å². The van der Waals surface area contributed by atoms with Gasteiger partial charge in [0.25, 0.3) is 0 Å². The Labute approximate surface area is 256 Å². The molecule has 0 atom stereocenters. The Hall–Kier alpha value is -3.50. The van der Waals surface area contributed by atoms with Crippen LogP contribution in [-0.2, 0) is 13.0 Å². The van der Waals surface area contributed by atoms with Crippen LogP contribution >= 0.6 is 0 Å². The maximum Gasteiger partial charge on any atom is 0.229 e. The van der Waals surface area contributed by atoms with Gasteiger partial charge in [0.1, 0.15) is 22.9 Å². The van der Waals surface area contributed by atoms with Crippen LogP contribution in [0, 0.1) is 24.5 Å². The fraction of sp³-hybridized carbons (Fsp3) is 0.529. The second-order valence-corrected chi connectivity index (χ2v) is 13.3. The Morgan fingerprint density at radius 2 is 1.70 bits per heavy atom. The monoisotopic (exact) mass is 598 g/mol. The van der Waals surface area contributed by atoms with Crippen LogP contribution in [-0.4, -0.2) is 66.5 Å². The summed E-state index contributed by atoms with van der Waals surface area (Å²) in [5.74, 6) is 1.52. The molecule has 0 unspecified atom stereocenters. The van der Waals surface area contributed by atoms with E-state index in [4.69, 9.17) is 4.98 Å². The van der Waals surface area contributed by atoms with Gasteiger partial charge in [-0.05, 0) is 88.2 Å². The van der Waals surface area contributed by atoms with Crippen molar-refractivity contribution in [3.63, 3.8) is 0 Å². The first-order valence-corrected chi connectivity index (χ1v) is 16.4. The van der Waals surface area contributed by atoms with Gasteiger partial charge in [0.2, 0.25) is 5.95 Å². The number of nitrogens with one attached hydrogen (secondary N) is 1. The number of aryl methyl sites for hydroxylation is 1. The van der Waals surface area contributed by atoms with E-state index in [1.807, 2.05) is 19.1 Å². The molecule has 1 N–H and O–H groups in total. The predicted molar refractivity (Wildman–Crippen MR) is 167 cm³/mol. The molecule has 44 heavy (non-hydrogen) atoms. The van der Waals surface area contributed by atoms with Crippen molar-refractivity contribution in [1.82, 2.24) is 34.3 Å².